The summed E-state index contributed by atoms with van der Waals surface area (Å²) in [6.07, 6.45) is 5.33. The molecule has 20 heavy (non-hydrogen) atoms. The summed E-state index contributed by atoms with van der Waals surface area (Å²) in [5, 5.41) is 5.88. The first-order valence-corrected chi connectivity index (χ1v) is 7.02. The van der Waals surface area contributed by atoms with Crippen LogP contribution in [0.2, 0.25) is 0 Å². The lowest BCUT2D eigenvalue weighted by Crippen LogP contribution is -2.18. The largest absolute Gasteiger partial charge is 0.376 e. The quantitative estimate of drug-likeness (QED) is 0.710. The van der Waals surface area contributed by atoms with E-state index in [4.69, 9.17) is 0 Å². The summed E-state index contributed by atoms with van der Waals surface area (Å²) in [7, 11) is 0. The molecule has 1 N–H and O–H groups in total. The second kappa shape index (κ2) is 4.64. The maximum Gasteiger partial charge on any atom is 0.0975 e. The topological polar surface area (TPSA) is 24.9 Å². The van der Waals surface area contributed by atoms with Gasteiger partial charge in [0.1, 0.15) is 0 Å². The van der Waals surface area contributed by atoms with Crippen LogP contribution in [0, 0.1) is 6.20 Å². The Hall–Kier alpha value is -2.35. The van der Waals surface area contributed by atoms with Gasteiger partial charge >= 0.3 is 0 Å². The van der Waals surface area contributed by atoms with Gasteiger partial charge in [0.05, 0.1) is 17.9 Å². The van der Waals surface area contributed by atoms with E-state index < -0.39 is 0 Å². The fourth-order valence-electron chi connectivity index (χ4n) is 2.88. The molecule has 0 bridgehead atoms. The molecular weight excluding hydrogens is 244 g/mol. The predicted molar refractivity (Wildman–Crippen MR) is 81.7 cm³/mol. The highest BCUT2D eigenvalue weighted by atomic mass is 15.0. The monoisotopic (exact) mass is 259 g/mol. The lowest BCUT2D eigenvalue weighted by Gasteiger charge is -2.26. The number of fused-ring (bicyclic) bond motifs is 2. The molecule has 4 rings (SSSR count). The summed E-state index contributed by atoms with van der Waals surface area (Å²) in [5.74, 6) is 0. The number of pyridine rings is 1. The normalized spacial score (nSPS) is 17.5. The maximum absolute atomic E-state index is 4.52. The van der Waals surface area contributed by atoms with Crippen LogP contribution in [0.15, 0.2) is 54.6 Å². The third kappa shape index (κ3) is 1.94. The van der Waals surface area contributed by atoms with Gasteiger partial charge < -0.3 is 5.32 Å². The maximum atomic E-state index is 4.52. The van der Waals surface area contributed by atoms with Crippen molar-refractivity contribution in [3.05, 3.63) is 72.1 Å². The van der Waals surface area contributed by atoms with Gasteiger partial charge in [0.25, 0.3) is 0 Å². The number of nitrogens with one attached hydrogen (secondary N) is 1. The van der Waals surface area contributed by atoms with Gasteiger partial charge in [-0.3, -0.25) is 0 Å². The molecule has 0 aliphatic carbocycles. The molecule has 2 nitrogen and oxygen atoms in total. The van der Waals surface area contributed by atoms with Gasteiger partial charge in [-0.2, -0.15) is 0 Å². The second-order valence-corrected chi connectivity index (χ2v) is 5.27. The Bertz CT molecular complexity index is 764. The number of hydrogen-bond acceptors (Lipinski definition) is 2. The van der Waals surface area contributed by atoms with Crippen molar-refractivity contribution >= 4 is 16.5 Å². The van der Waals surface area contributed by atoms with Crippen LogP contribution in [0.3, 0.4) is 0 Å². The Morgan fingerprint density at radius 2 is 1.90 bits per heavy atom. The van der Waals surface area contributed by atoms with Gasteiger partial charge in [-0.05, 0) is 35.9 Å². The van der Waals surface area contributed by atoms with Gasteiger partial charge in [0, 0.05) is 11.1 Å². The predicted octanol–water partition coefficient (Wildman–Crippen LogP) is 4.13. The summed E-state index contributed by atoms with van der Waals surface area (Å²) in [4.78, 5) is 4.52. The number of rotatable bonds is 1. The Morgan fingerprint density at radius 3 is 2.90 bits per heavy atom. The molecule has 0 spiro atoms. The van der Waals surface area contributed by atoms with Crippen LogP contribution < -0.4 is 5.32 Å². The zero-order valence-electron chi connectivity index (χ0n) is 11.1. The smallest absolute Gasteiger partial charge is 0.0975 e. The summed E-state index contributed by atoms with van der Waals surface area (Å²) >= 11 is 0. The number of aryl methyl sites for hydroxylation is 1. The van der Waals surface area contributed by atoms with Crippen molar-refractivity contribution in [3.8, 4) is 0 Å². The Morgan fingerprint density at radius 1 is 1.05 bits per heavy atom. The standard InChI is InChI=1S/C18H15N2/c1-2-7-15-12-19-18(11-14(15)6-1)17-10-9-13-5-3-4-8-16(13)20-17/h1-8,11,17,20H,9-10H2. The van der Waals surface area contributed by atoms with E-state index in [-0.39, 0.29) is 6.04 Å². The van der Waals surface area contributed by atoms with Crippen molar-refractivity contribution < 1.29 is 0 Å². The van der Waals surface area contributed by atoms with Crippen molar-refractivity contribution in [3.63, 3.8) is 0 Å². The van der Waals surface area contributed by atoms with Crippen LogP contribution in [0.1, 0.15) is 23.7 Å². The number of anilines is 1. The van der Waals surface area contributed by atoms with Crippen LogP contribution in [-0.4, -0.2) is 4.98 Å². The molecule has 0 amide bonds. The van der Waals surface area contributed by atoms with Crippen LogP contribution in [0.5, 0.6) is 0 Å². The third-order valence-corrected chi connectivity index (χ3v) is 3.98. The molecule has 1 aliphatic heterocycles. The molecule has 1 unspecified atom stereocenters. The van der Waals surface area contributed by atoms with E-state index in [0.717, 1.165) is 23.9 Å². The summed E-state index contributed by atoms with van der Waals surface area (Å²) < 4.78 is 0. The van der Waals surface area contributed by atoms with Gasteiger partial charge in [0.2, 0.25) is 0 Å². The van der Waals surface area contributed by atoms with Crippen molar-refractivity contribution in [1.29, 1.82) is 0 Å². The minimum Gasteiger partial charge on any atom is -0.376 e. The highest BCUT2D eigenvalue weighted by Crippen LogP contribution is 2.32. The summed E-state index contributed by atoms with van der Waals surface area (Å²) in [5.41, 5.74) is 3.71. The molecule has 3 aromatic rings. The first-order chi connectivity index (χ1) is 9.90. The molecule has 0 saturated heterocycles. The van der Waals surface area contributed by atoms with E-state index in [1.807, 2.05) is 6.07 Å². The fraction of sp³-hybridized carbons (Fsp3) is 0.167. The van der Waals surface area contributed by atoms with Gasteiger partial charge in [-0.25, -0.2) is 4.98 Å². The lowest BCUT2D eigenvalue weighted by atomic mass is 9.95. The first-order valence-electron chi connectivity index (χ1n) is 7.02. The van der Waals surface area contributed by atoms with E-state index in [1.165, 1.54) is 16.6 Å². The van der Waals surface area contributed by atoms with E-state index >= 15 is 0 Å². The summed E-state index contributed by atoms with van der Waals surface area (Å²) in [6.45, 7) is 0. The molecule has 1 atom stereocenters. The molecule has 97 valence electrons. The number of nitrogens with zero attached hydrogens (tertiary/aromatic N) is 1. The van der Waals surface area contributed by atoms with Gasteiger partial charge in [-0.1, -0.05) is 42.5 Å². The molecule has 2 aromatic carbocycles. The van der Waals surface area contributed by atoms with Crippen LogP contribution in [-0.2, 0) is 6.42 Å². The number of hydrogen-bond donors (Lipinski definition) is 1. The fourth-order valence-corrected chi connectivity index (χ4v) is 2.88. The average molecular weight is 259 g/mol. The van der Waals surface area contributed by atoms with Crippen LogP contribution in [0.4, 0.5) is 5.69 Å². The first kappa shape index (κ1) is 11.5. The van der Waals surface area contributed by atoms with E-state index in [9.17, 15) is 0 Å². The molecule has 1 radical (unpaired) electrons. The molecule has 2 heteroatoms. The highest BCUT2D eigenvalue weighted by molar-refractivity contribution is 5.81. The number of para-hydroxylation sites is 1. The zero-order chi connectivity index (χ0) is 13.4. The third-order valence-electron chi connectivity index (χ3n) is 3.98. The van der Waals surface area contributed by atoms with Crippen molar-refractivity contribution in [2.45, 2.75) is 18.9 Å². The average Bonchev–Trinajstić information content (AvgIpc) is 2.54. The van der Waals surface area contributed by atoms with Crippen molar-refractivity contribution in [1.82, 2.24) is 4.98 Å². The molecule has 0 fully saturated rings. The van der Waals surface area contributed by atoms with Gasteiger partial charge in [-0.15, -0.1) is 0 Å². The molecule has 0 saturated carbocycles. The number of benzene rings is 2. The Balaban J connectivity index is 1.70. The Kier molecular flexibility index (Phi) is 2.66. The zero-order valence-corrected chi connectivity index (χ0v) is 11.1. The highest BCUT2D eigenvalue weighted by Gasteiger charge is 2.19. The number of aromatic nitrogens is 1. The van der Waals surface area contributed by atoms with E-state index in [2.05, 4.69) is 65.0 Å². The van der Waals surface area contributed by atoms with Gasteiger partial charge in [0.15, 0.2) is 0 Å². The molecule has 1 aromatic heterocycles. The molecular formula is C18H15N2. The molecule has 2 heterocycles. The van der Waals surface area contributed by atoms with Crippen molar-refractivity contribution in [2.75, 3.05) is 5.32 Å². The second-order valence-electron chi connectivity index (χ2n) is 5.27. The van der Waals surface area contributed by atoms with E-state index in [1.54, 1.807) is 0 Å². The Labute approximate surface area is 118 Å². The minimum absolute atomic E-state index is 0.283. The molecule has 1 aliphatic rings. The van der Waals surface area contributed by atoms with Crippen LogP contribution in [0.25, 0.3) is 10.8 Å². The van der Waals surface area contributed by atoms with Crippen LogP contribution >= 0.6 is 0 Å². The SMILES string of the molecule is [c]1nc(C2CCc3ccccc3N2)cc2ccccc12. The van der Waals surface area contributed by atoms with Crippen molar-refractivity contribution in [2.24, 2.45) is 0 Å². The van der Waals surface area contributed by atoms with E-state index in [0.29, 0.717) is 0 Å². The minimum atomic E-state index is 0.283. The summed E-state index contributed by atoms with van der Waals surface area (Å²) in [6, 6.07) is 19.2. The lowest BCUT2D eigenvalue weighted by molar-refractivity contribution is 0.651.